The number of aliphatic hydroxyl groups excluding tert-OH is 5. The first-order valence-corrected chi connectivity index (χ1v) is 12.1. The molecule has 2 fully saturated rings. The minimum atomic E-state index is -1.98. The molecule has 2 saturated heterocycles. The number of ether oxygens (including phenoxy) is 4. The predicted molar refractivity (Wildman–Crippen MR) is 131 cm³/mol. The molecule has 3 aromatic rings. The number of hydrogen-bond donors (Lipinski definition) is 9. The summed E-state index contributed by atoms with van der Waals surface area (Å²) < 4.78 is 27.1. The van der Waals surface area contributed by atoms with Gasteiger partial charge in [-0.05, 0) is 6.07 Å². The molecule has 40 heavy (non-hydrogen) atoms. The third kappa shape index (κ3) is 4.41. The third-order valence-electron chi connectivity index (χ3n) is 7.24. The van der Waals surface area contributed by atoms with Gasteiger partial charge in [0.05, 0.1) is 37.9 Å². The van der Waals surface area contributed by atoms with Gasteiger partial charge in [0, 0.05) is 12.1 Å². The van der Waals surface area contributed by atoms with E-state index in [0.29, 0.717) is 0 Å². The summed E-state index contributed by atoms with van der Waals surface area (Å²) in [6.45, 7) is -1.83. The molecule has 0 amide bonds. The topological polar surface area (TPSA) is 249 Å². The van der Waals surface area contributed by atoms with E-state index in [0.717, 1.165) is 12.1 Å². The molecule has 0 saturated carbocycles. The van der Waals surface area contributed by atoms with Crippen molar-refractivity contribution >= 4 is 21.9 Å². The lowest BCUT2D eigenvalue weighted by atomic mass is 9.89. The first-order valence-electron chi connectivity index (χ1n) is 12.1. The molecule has 218 valence electrons. The van der Waals surface area contributed by atoms with Crippen LogP contribution in [0.2, 0.25) is 0 Å². The number of phenolic OH excluding ortho intramolecular Hbond substituents is 3. The van der Waals surface area contributed by atoms with Crippen LogP contribution in [0, 0.1) is 0 Å². The zero-order valence-electron chi connectivity index (χ0n) is 20.9. The first kappa shape index (κ1) is 28.3. The second-order valence-electron chi connectivity index (χ2n) is 9.77. The lowest BCUT2D eigenvalue weighted by molar-refractivity contribution is -0.252. The molecule has 2 aliphatic rings. The average molecular weight is 568 g/mol. The molecule has 15 nitrogen and oxygen atoms in total. The Morgan fingerprint density at radius 3 is 2.38 bits per heavy atom. The monoisotopic (exact) mass is 568 g/mol. The van der Waals surface area contributed by atoms with Crippen molar-refractivity contribution in [1.82, 2.24) is 0 Å². The molecule has 8 atom stereocenters. The highest BCUT2D eigenvalue weighted by molar-refractivity contribution is 5.96. The SMILES string of the molecule is COc1cc2c(=O)c3c(O)cc(O)c(C4OC(COC5OCC(O)(CO)C5O)C(O)C(O)C4O)c3oc2cc1O. The molecule has 1 aromatic heterocycles. The van der Waals surface area contributed by atoms with E-state index < -0.39 is 96.2 Å². The Bertz CT molecular complexity index is 1490. The van der Waals surface area contributed by atoms with Gasteiger partial charge < -0.3 is 69.3 Å². The van der Waals surface area contributed by atoms with Crippen LogP contribution in [0.4, 0.5) is 0 Å². The minimum Gasteiger partial charge on any atom is -0.507 e. The molecule has 2 aliphatic heterocycles. The number of benzene rings is 2. The number of hydrogen-bond acceptors (Lipinski definition) is 15. The van der Waals surface area contributed by atoms with Gasteiger partial charge in [0.1, 0.15) is 64.7 Å². The van der Waals surface area contributed by atoms with Crippen LogP contribution in [-0.2, 0) is 14.2 Å². The van der Waals surface area contributed by atoms with Crippen molar-refractivity contribution < 1.29 is 69.3 Å². The summed E-state index contributed by atoms with van der Waals surface area (Å²) in [4.78, 5) is 13.3. The lowest BCUT2D eigenvalue weighted by Gasteiger charge is -2.41. The van der Waals surface area contributed by atoms with Gasteiger partial charge in [0.15, 0.2) is 23.4 Å². The van der Waals surface area contributed by atoms with Gasteiger partial charge in [-0.25, -0.2) is 0 Å². The second kappa shape index (κ2) is 10.3. The molecule has 15 heteroatoms. The van der Waals surface area contributed by atoms with Crippen LogP contribution in [0.3, 0.4) is 0 Å². The van der Waals surface area contributed by atoms with Crippen molar-refractivity contribution in [3.05, 3.63) is 34.0 Å². The van der Waals surface area contributed by atoms with Crippen molar-refractivity contribution in [2.45, 2.75) is 48.5 Å². The van der Waals surface area contributed by atoms with E-state index >= 15 is 0 Å². The maximum absolute atomic E-state index is 13.3. The molecule has 3 heterocycles. The molecular weight excluding hydrogens is 540 g/mol. The molecule has 0 bridgehead atoms. The highest BCUT2D eigenvalue weighted by Crippen LogP contribution is 2.44. The number of phenols is 3. The summed E-state index contributed by atoms with van der Waals surface area (Å²) in [5.41, 5.74) is -3.73. The Morgan fingerprint density at radius 1 is 1.00 bits per heavy atom. The Morgan fingerprint density at radius 2 is 1.73 bits per heavy atom. The van der Waals surface area contributed by atoms with Crippen molar-refractivity contribution in [3.8, 4) is 23.0 Å². The van der Waals surface area contributed by atoms with Crippen LogP contribution in [0.25, 0.3) is 21.9 Å². The van der Waals surface area contributed by atoms with E-state index in [1.54, 1.807) is 0 Å². The smallest absolute Gasteiger partial charge is 0.204 e. The van der Waals surface area contributed by atoms with E-state index in [9.17, 15) is 50.8 Å². The standard InChI is InChI=1S/C25H28O15/c1-36-13-2-8-12(4-9(13)27)39-21-15(17(8)30)10(28)3-11(29)16(21)22-20(33)19(32)18(31)14(40-22)5-37-24-23(34)25(35,6-26)7-38-24/h2-4,14,18-20,22-24,26-29,31-35H,5-7H2,1H3. The van der Waals surface area contributed by atoms with Crippen molar-refractivity contribution in [2.24, 2.45) is 0 Å². The van der Waals surface area contributed by atoms with E-state index in [1.807, 2.05) is 0 Å². The third-order valence-corrected chi connectivity index (χ3v) is 7.24. The fourth-order valence-electron chi connectivity index (χ4n) is 4.92. The van der Waals surface area contributed by atoms with Crippen LogP contribution in [0.15, 0.2) is 27.4 Å². The summed E-state index contributed by atoms with van der Waals surface area (Å²) in [5.74, 6) is -1.79. The molecule has 0 aliphatic carbocycles. The fourth-order valence-corrected chi connectivity index (χ4v) is 4.92. The number of aliphatic hydroxyl groups is 6. The van der Waals surface area contributed by atoms with E-state index in [1.165, 1.54) is 13.2 Å². The van der Waals surface area contributed by atoms with Gasteiger partial charge in [0.2, 0.25) is 5.43 Å². The van der Waals surface area contributed by atoms with Gasteiger partial charge in [-0.1, -0.05) is 0 Å². The highest BCUT2D eigenvalue weighted by atomic mass is 16.7. The van der Waals surface area contributed by atoms with E-state index in [2.05, 4.69) is 0 Å². The molecule has 9 N–H and O–H groups in total. The quantitative estimate of drug-likeness (QED) is 0.147. The van der Waals surface area contributed by atoms with Crippen LogP contribution >= 0.6 is 0 Å². The van der Waals surface area contributed by atoms with Crippen LogP contribution in [0.1, 0.15) is 11.7 Å². The zero-order valence-corrected chi connectivity index (χ0v) is 20.9. The van der Waals surface area contributed by atoms with Gasteiger partial charge in [0.25, 0.3) is 0 Å². The summed E-state index contributed by atoms with van der Waals surface area (Å²) in [7, 11) is 1.27. The number of aromatic hydroxyl groups is 3. The molecule has 5 rings (SSSR count). The fraction of sp³-hybridized carbons (Fsp3) is 0.480. The largest absolute Gasteiger partial charge is 0.507 e. The molecule has 0 radical (unpaired) electrons. The summed E-state index contributed by atoms with van der Waals surface area (Å²) in [6, 6.07) is 3.09. The highest BCUT2D eigenvalue weighted by Gasteiger charge is 2.50. The van der Waals surface area contributed by atoms with E-state index in [4.69, 9.17) is 23.4 Å². The van der Waals surface area contributed by atoms with Gasteiger partial charge in [-0.15, -0.1) is 0 Å². The molecule has 0 spiro atoms. The van der Waals surface area contributed by atoms with Gasteiger partial charge in [-0.2, -0.15) is 0 Å². The maximum Gasteiger partial charge on any atom is 0.204 e. The lowest BCUT2D eigenvalue weighted by Crippen LogP contribution is -2.56. The van der Waals surface area contributed by atoms with Crippen LogP contribution in [0.5, 0.6) is 23.0 Å². The minimum absolute atomic E-state index is 0.0441. The Kier molecular flexibility index (Phi) is 7.28. The number of methoxy groups -OCH3 is 1. The van der Waals surface area contributed by atoms with Gasteiger partial charge in [-0.3, -0.25) is 4.79 Å². The zero-order chi connectivity index (χ0) is 29.1. The van der Waals surface area contributed by atoms with Crippen LogP contribution in [-0.4, -0.2) is 115 Å². The summed E-state index contributed by atoms with van der Waals surface area (Å²) >= 11 is 0. The second-order valence-corrected chi connectivity index (χ2v) is 9.77. The van der Waals surface area contributed by atoms with E-state index in [-0.39, 0.29) is 28.0 Å². The molecule has 2 aromatic carbocycles. The van der Waals surface area contributed by atoms with Gasteiger partial charge >= 0.3 is 0 Å². The van der Waals surface area contributed by atoms with Crippen molar-refractivity contribution in [2.75, 3.05) is 26.9 Å². The Labute approximate surface area is 224 Å². The average Bonchev–Trinajstić information content (AvgIpc) is 3.21. The molecule has 8 unspecified atom stereocenters. The Hall–Kier alpha value is -3.25. The number of fused-ring (bicyclic) bond motifs is 2. The maximum atomic E-state index is 13.3. The normalized spacial score (nSPS) is 32.6. The molecular formula is C25H28O15. The van der Waals surface area contributed by atoms with Crippen molar-refractivity contribution in [3.63, 3.8) is 0 Å². The number of rotatable bonds is 6. The van der Waals surface area contributed by atoms with Crippen molar-refractivity contribution in [1.29, 1.82) is 0 Å². The predicted octanol–water partition coefficient (Wildman–Crippen LogP) is -1.95. The summed E-state index contributed by atoms with van der Waals surface area (Å²) in [6.07, 6.45) is -11.7. The van der Waals surface area contributed by atoms with Crippen LogP contribution < -0.4 is 10.2 Å². The summed E-state index contributed by atoms with van der Waals surface area (Å²) in [5, 5.41) is 92.5. The first-order chi connectivity index (χ1) is 18.9. The Balaban J connectivity index is 1.55.